The highest BCUT2D eigenvalue weighted by atomic mass is 16.5. The third-order valence-electron chi connectivity index (χ3n) is 6.63. The first-order valence-corrected chi connectivity index (χ1v) is 12.5. The largest absolute Gasteiger partial charge is 0.379 e. The predicted octanol–water partition coefficient (Wildman–Crippen LogP) is 3.82. The highest BCUT2D eigenvalue weighted by molar-refractivity contribution is 5.85. The number of anilines is 1. The van der Waals surface area contributed by atoms with Gasteiger partial charge in [0.1, 0.15) is 5.52 Å². The molecule has 9 heteroatoms. The smallest absolute Gasteiger partial charge is 0.253 e. The van der Waals surface area contributed by atoms with Gasteiger partial charge in [0.2, 0.25) is 0 Å². The Morgan fingerprint density at radius 2 is 1.86 bits per heavy atom. The number of aromatic nitrogens is 5. The van der Waals surface area contributed by atoms with Crippen molar-refractivity contribution in [1.82, 2.24) is 29.4 Å². The van der Waals surface area contributed by atoms with Gasteiger partial charge in [-0.2, -0.15) is 0 Å². The molecule has 0 atom stereocenters. The lowest BCUT2D eigenvalue weighted by atomic mass is 10.1. The van der Waals surface area contributed by atoms with Gasteiger partial charge >= 0.3 is 0 Å². The molecule has 188 valence electrons. The van der Waals surface area contributed by atoms with Crippen LogP contribution in [0.25, 0.3) is 22.6 Å². The van der Waals surface area contributed by atoms with Gasteiger partial charge in [0.05, 0.1) is 19.5 Å². The number of benzene rings is 1. The van der Waals surface area contributed by atoms with Crippen molar-refractivity contribution >= 4 is 17.0 Å². The summed E-state index contributed by atoms with van der Waals surface area (Å²) in [5.41, 5.74) is 6.03. The minimum Gasteiger partial charge on any atom is -0.379 e. The Balaban J connectivity index is 1.47. The van der Waals surface area contributed by atoms with E-state index in [0.717, 1.165) is 55.3 Å². The Morgan fingerprint density at radius 1 is 1.11 bits per heavy atom. The van der Waals surface area contributed by atoms with Crippen molar-refractivity contribution in [3.8, 4) is 11.4 Å². The van der Waals surface area contributed by atoms with Crippen molar-refractivity contribution < 1.29 is 4.74 Å². The first kappa shape index (κ1) is 24.1. The van der Waals surface area contributed by atoms with E-state index in [1.807, 2.05) is 24.5 Å². The number of H-pyrrole nitrogens is 1. The van der Waals surface area contributed by atoms with Crippen LogP contribution in [0.15, 0.2) is 41.5 Å². The lowest BCUT2D eigenvalue weighted by molar-refractivity contribution is 0.0342. The maximum absolute atomic E-state index is 12.5. The first-order valence-electron chi connectivity index (χ1n) is 12.5. The molecule has 36 heavy (non-hydrogen) atoms. The average Bonchev–Trinajstić information content (AvgIpc) is 3.29. The van der Waals surface area contributed by atoms with Crippen LogP contribution in [0.1, 0.15) is 42.3 Å². The highest BCUT2D eigenvalue weighted by Crippen LogP contribution is 2.27. The minimum atomic E-state index is -0.0888. The summed E-state index contributed by atoms with van der Waals surface area (Å²) in [6, 6.07) is 10.6. The molecule has 2 N–H and O–H groups in total. The third kappa shape index (κ3) is 5.03. The molecule has 4 aromatic rings. The van der Waals surface area contributed by atoms with E-state index in [-0.39, 0.29) is 11.6 Å². The number of aromatic amines is 1. The molecular weight excluding hydrogens is 454 g/mol. The van der Waals surface area contributed by atoms with Gasteiger partial charge in [-0.1, -0.05) is 24.3 Å². The monoisotopic (exact) mass is 487 g/mol. The molecular formula is C27H33N7O2. The molecule has 0 bridgehead atoms. The quantitative estimate of drug-likeness (QED) is 0.409. The molecule has 4 heterocycles. The standard InChI is InChI=1S/C27H33N7O2/c1-17(2)34-16-29-23-25(28-14-22-18(3)13-19(4)30-27(22)35)31-24(32-26(23)34)21-7-5-20(6-8-21)15-33-9-11-36-12-10-33/h5-8,13,16-17H,9-12,14-15H2,1-4H3,(H,30,35)(H,28,31,32). The number of rotatable bonds is 7. The van der Waals surface area contributed by atoms with Crippen LogP contribution < -0.4 is 10.9 Å². The first-order chi connectivity index (χ1) is 17.4. The molecule has 0 amide bonds. The second-order valence-electron chi connectivity index (χ2n) is 9.70. The van der Waals surface area contributed by atoms with E-state index >= 15 is 0 Å². The van der Waals surface area contributed by atoms with Crippen LogP contribution in [0.2, 0.25) is 0 Å². The maximum Gasteiger partial charge on any atom is 0.253 e. The fourth-order valence-corrected chi connectivity index (χ4v) is 4.60. The number of fused-ring (bicyclic) bond motifs is 1. The SMILES string of the molecule is Cc1cc(C)c(CNc2nc(-c3ccc(CN4CCOCC4)cc3)nc3c2ncn3C(C)C)c(=O)[nH]1. The van der Waals surface area contributed by atoms with Gasteiger partial charge in [0.15, 0.2) is 17.3 Å². The van der Waals surface area contributed by atoms with E-state index in [2.05, 4.69) is 58.3 Å². The van der Waals surface area contributed by atoms with Gasteiger partial charge in [0.25, 0.3) is 5.56 Å². The summed E-state index contributed by atoms with van der Waals surface area (Å²) in [4.78, 5) is 32.2. The lowest BCUT2D eigenvalue weighted by Gasteiger charge is -2.26. The summed E-state index contributed by atoms with van der Waals surface area (Å²) in [6.07, 6.45) is 1.80. The van der Waals surface area contributed by atoms with Gasteiger partial charge in [-0.3, -0.25) is 9.69 Å². The fourth-order valence-electron chi connectivity index (χ4n) is 4.60. The normalized spacial score (nSPS) is 14.6. The molecule has 9 nitrogen and oxygen atoms in total. The molecule has 0 radical (unpaired) electrons. The molecule has 1 fully saturated rings. The van der Waals surface area contributed by atoms with Gasteiger partial charge < -0.3 is 19.6 Å². The van der Waals surface area contributed by atoms with Gasteiger partial charge in [-0.05, 0) is 44.9 Å². The number of pyridine rings is 1. The molecule has 0 saturated carbocycles. The number of morpholine rings is 1. The van der Waals surface area contributed by atoms with Crippen LogP contribution in [0.4, 0.5) is 5.82 Å². The topological polar surface area (TPSA) is 101 Å². The molecule has 5 rings (SSSR count). The number of nitrogens with one attached hydrogen (secondary N) is 2. The Hall–Kier alpha value is -3.56. The van der Waals surface area contributed by atoms with Gasteiger partial charge in [0, 0.05) is 49.0 Å². The molecule has 1 saturated heterocycles. The van der Waals surface area contributed by atoms with E-state index in [9.17, 15) is 4.79 Å². The maximum atomic E-state index is 12.5. The summed E-state index contributed by atoms with van der Waals surface area (Å²) in [5, 5.41) is 3.37. The molecule has 1 aliphatic heterocycles. The lowest BCUT2D eigenvalue weighted by Crippen LogP contribution is -2.35. The number of imidazole rings is 1. The number of hydrogen-bond donors (Lipinski definition) is 2. The minimum absolute atomic E-state index is 0.0888. The van der Waals surface area contributed by atoms with E-state index in [0.29, 0.717) is 29.3 Å². The van der Waals surface area contributed by atoms with Crippen LogP contribution in [0, 0.1) is 13.8 Å². The molecule has 1 aliphatic rings. The summed E-state index contributed by atoms with van der Waals surface area (Å²) in [6.45, 7) is 12.8. The molecule has 1 aromatic carbocycles. The Labute approximate surface area is 210 Å². The summed E-state index contributed by atoms with van der Waals surface area (Å²) >= 11 is 0. The van der Waals surface area contributed by atoms with Gasteiger partial charge in [-0.15, -0.1) is 0 Å². The van der Waals surface area contributed by atoms with Crippen molar-refractivity contribution in [2.75, 3.05) is 31.6 Å². The number of ether oxygens (including phenoxy) is 1. The Kier molecular flexibility index (Phi) is 6.84. The molecule has 0 unspecified atom stereocenters. The second kappa shape index (κ2) is 10.2. The van der Waals surface area contributed by atoms with Crippen LogP contribution >= 0.6 is 0 Å². The fraction of sp³-hybridized carbons (Fsp3) is 0.407. The number of nitrogens with zero attached hydrogens (tertiary/aromatic N) is 5. The summed E-state index contributed by atoms with van der Waals surface area (Å²) in [7, 11) is 0. The third-order valence-corrected chi connectivity index (χ3v) is 6.63. The van der Waals surface area contributed by atoms with Crippen LogP contribution in [0.5, 0.6) is 0 Å². The van der Waals surface area contributed by atoms with E-state index in [1.54, 1.807) is 6.33 Å². The Bertz CT molecular complexity index is 1420. The van der Waals surface area contributed by atoms with Crippen molar-refractivity contribution in [2.45, 2.75) is 46.8 Å². The van der Waals surface area contributed by atoms with Crippen molar-refractivity contribution in [2.24, 2.45) is 0 Å². The zero-order chi connectivity index (χ0) is 25.2. The van der Waals surface area contributed by atoms with Crippen LogP contribution in [-0.2, 0) is 17.8 Å². The van der Waals surface area contributed by atoms with Crippen molar-refractivity contribution in [1.29, 1.82) is 0 Å². The predicted molar refractivity (Wildman–Crippen MR) is 141 cm³/mol. The molecule has 0 spiro atoms. The summed E-state index contributed by atoms with van der Waals surface area (Å²) < 4.78 is 7.50. The van der Waals surface area contributed by atoms with E-state index in [4.69, 9.17) is 14.7 Å². The zero-order valence-electron chi connectivity index (χ0n) is 21.3. The molecule has 3 aromatic heterocycles. The van der Waals surface area contributed by atoms with Crippen molar-refractivity contribution in [3.05, 3.63) is 69.4 Å². The number of hydrogen-bond acceptors (Lipinski definition) is 7. The highest BCUT2D eigenvalue weighted by Gasteiger charge is 2.17. The zero-order valence-corrected chi connectivity index (χ0v) is 21.3. The van der Waals surface area contributed by atoms with Gasteiger partial charge in [-0.25, -0.2) is 15.0 Å². The van der Waals surface area contributed by atoms with Crippen molar-refractivity contribution in [3.63, 3.8) is 0 Å². The van der Waals surface area contributed by atoms with E-state index in [1.165, 1.54) is 5.56 Å². The molecule has 0 aliphatic carbocycles. The Morgan fingerprint density at radius 3 is 2.56 bits per heavy atom. The number of aryl methyl sites for hydroxylation is 2. The average molecular weight is 488 g/mol. The van der Waals surface area contributed by atoms with Crippen LogP contribution in [0.3, 0.4) is 0 Å². The van der Waals surface area contributed by atoms with E-state index < -0.39 is 0 Å². The second-order valence-corrected chi connectivity index (χ2v) is 9.70. The van der Waals surface area contributed by atoms with Crippen LogP contribution in [-0.4, -0.2) is 55.7 Å². The summed E-state index contributed by atoms with van der Waals surface area (Å²) in [5.74, 6) is 1.24.